The third-order valence-electron chi connectivity index (χ3n) is 4.05. The van der Waals surface area contributed by atoms with Crippen LogP contribution in [0.3, 0.4) is 0 Å². The molecule has 0 unspecified atom stereocenters. The highest BCUT2D eigenvalue weighted by Crippen LogP contribution is 2.24. The Labute approximate surface area is 129 Å². The second-order valence-corrected chi connectivity index (χ2v) is 5.55. The molecular formula is C16H20N4O2. The van der Waals surface area contributed by atoms with Gasteiger partial charge in [0.15, 0.2) is 0 Å². The highest BCUT2D eigenvalue weighted by Gasteiger charge is 2.22. The lowest BCUT2D eigenvalue weighted by Gasteiger charge is -2.08. The second kappa shape index (κ2) is 6.60. The number of hydrogen-bond donors (Lipinski definition) is 1. The fourth-order valence-electron chi connectivity index (χ4n) is 2.75. The smallest absolute Gasteiger partial charge is 0.223 e. The molecule has 0 spiro atoms. The number of methoxy groups -OCH3 is 1. The summed E-state index contributed by atoms with van der Waals surface area (Å²) in [5, 5.41) is 11.1. The molecule has 1 amide bonds. The Balaban J connectivity index is 1.59. The minimum Gasteiger partial charge on any atom is -0.497 e. The maximum atomic E-state index is 12.0. The number of nitrogens with one attached hydrogen (secondary N) is 1. The van der Waals surface area contributed by atoms with Crippen LogP contribution in [0.1, 0.15) is 31.4 Å². The van der Waals surface area contributed by atoms with Crippen LogP contribution >= 0.6 is 0 Å². The van der Waals surface area contributed by atoms with Crippen molar-refractivity contribution in [2.45, 2.75) is 32.2 Å². The Morgan fingerprint density at radius 1 is 1.32 bits per heavy atom. The van der Waals surface area contributed by atoms with Crippen molar-refractivity contribution in [3.05, 3.63) is 36.2 Å². The molecule has 0 radical (unpaired) electrons. The van der Waals surface area contributed by atoms with E-state index in [4.69, 9.17) is 4.74 Å². The number of rotatable bonds is 5. The van der Waals surface area contributed by atoms with E-state index in [2.05, 4.69) is 15.6 Å². The van der Waals surface area contributed by atoms with Crippen LogP contribution in [-0.2, 0) is 11.3 Å². The highest BCUT2D eigenvalue weighted by atomic mass is 16.5. The Morgan fingerprint density at radius 3 is 2.73 bits per heavy atom. The zero-order chi connectivity index (χ0) is 15.4. The summed E-state index contributed by atoms with van der Waals surface area (Å²) in [6.07, 6.45) is 6.16. The molecule has 2 aromatic rings. The summed E-state index contributed by atoms with van der Waals surface area (Å²) in [5.41, 5.74) is 1.66. The summed E-state index contributed by atoms with van der Waals surface area (Å²) in [5.74, 6) is 1.11. The monoisotopic (exact) mass is 300 g/mol. The van der Waals surface area contributed by atoms with Gasteiger partial charge in [-0.25, -0.2) is 4.68 Å². The van der Waals surface area contributed by atoms with Gasteiger partial charge in [0.2, 0.25) is 5.91 Å². The van der Waals surface area contributed by atoms with E-state index in [0.29, 0.717) is 6.54 Å². The molecule has 1 saturated carbocycles. The number of carbonyl (C=O) groups excluding carboxylic acids is 1. The molecule has 116 valence electrons. The topological polar surface area (TPSA) is 69.0 Å². The predicted molar refractivity (Wildman–Crippen MR) is 81.7 cm³/mol. The second-order valence-electron chi connectivity index (χ2n) is 5.55. The first-order valence-electron chi connectivity index (χ1n) is 7.59. The summed E-state index contributed by atoms with van der Waals surface area (Å²) in [6.45, 7) is 0.422. The largest absolute Gasteiger partial charge is 0.497 e. The predicted octanol–water partition coefficient (Wildman–Crippen LogP) is 2.08. The fraction of sp³-hybridized carbons (Fsp3) is 0.438. The Morgan fingerprint density at radius 2 is 2.05 bits per heavy atom. The van der Waals surface area contributed by atoms with Crippen molar-refractivity contribution in [3.63, 3.8) is 0 Å². The van der Waals surface area contributed by atoms with Crippen LogP contribution in [0.2, 0.25) is 0 Å². The summed E-state index contributed by atoms with van der Waals surface area (Å²) in [6, 6.07) is 7.57. The van der Waals surface area contributed by atoms with Crippen LogP contribution < -0.4 is 10.1 Å². The molecule has 1 N–H and O–H groups in total. The lowest BCUT2D eigenvalue weighted by molar-refractivity contribution is -0.124. The van der Waals surface area contributed by atoms with Crippen LogP contribution in [-0.4, -0.2) is 28.0 Å². The maximum Gasteiger partial charge on any atom is 0.223 e. The number of ether oxygens (including phenoxy) is 1. The van der Waals surface area contributed by atoms with Gasteiger partial charge >= 0.3 is 0 Å². The van der Waals surface area contributed by atoms with Crippen molar-refractivity contribution in [1.82, 2.24) is 20.3 Å². The molecule has 6 heteroatoms. The van der Waals surface area contributed by atoms with Crippen molar-refractivity contribution in [3.8, 4) is 11.4 Å². The van der Waals surface area contributed by atoms with E-state index in [0.717, 1.165) is 42.8 Å². The van der Waals surface area contributed by atoms with Crippen LogP contribution in [0.15, 0.2) is 30.5 Å². The van der Waals surface area contributed by atoms with Crippen LogP contribution in [0.25, 0.3) is 5.69 Å². The van der Waals surface area contributed by atoms with Crippen LogP contribution in [0, 0.1) is 5.92 Å². The molecular weight excluding hydrogens is 280 g/mol. The Hall–Kier alpha value is -2.37. The average Bonchev–Trinajstić information content (AvgIpc) is 3.24. The standard InChI is InChI=1S/C16H20N4O2/c1-22-15-8-6-14(7-9-15)20-11-13(18-19-20)10-17-16(21)12-4-2-3-5-12/h6-9,11-12H,2-5,10H2,1H3,(H,17,21). The first-order chi connectivity index (χ1) is 10.8. The first-order valence-corrected chi connectivity index (χ1v) is 7.59. The van der Waals surface area contributed by atoms with Gasteiger partial charge in [-0.3, -0.25) is 4.79 Å². The molecule has 1 aliphatic rings. The van der Waals surface area contributed by atoms with Crippen molar-refractivity contribution in [2.24, 2.45) is 5.92 Å². The summed E-state index contributed by atoms with van der Waals surface area (Å²) in [7, 11) is 1.63. The molecule has 3 rings (SSSR count). The minimum atomic E-state index is 0.136. The van der Waals surface area contributed by atoms with Crippen molar-refractivity contribution in [2.75, 3.05) is 7.11 Å². The van der Waals surface area contributed by atoms with E-state index < -0.39 is 0 Å². The summed E-state index contributed by atoms with van der Waals surface area (Å²) in [4.78, 5) is 12.0. The number of benzene rings is 1. The number of nitrogens with zero attached hydrogens (tertiary/aromatic N) is 3. The van der Waals surface area contributed by atoms with E-state index in [1.54, 1.807) is 11.8 Å². The molecule has 22 heavy (non-hydrogen) atoms. The molecule has 6 nitrogen and oxygen atoms in total. The molecule has 0 aliphatic heterocycles. The third-order valence-corrected chi connectivity index (χ3v) is 4.05. The Kier molecular flexibility index (Phi) is 4.37. The van der Waals surface area contributed by atoms with E-state index in [9.17, 15) is 4.79 Å². The number of hydrogen-bond acceptors (Lipinski definition) is 4. The molecule has 1 aromatic carbocycles. The lowest BCUT2D eigenvalue weighted by Crippen LogP contribution is -2.28. The fourth-order valence-corrected chi connectivity index (χ4v) is 2.75. The van der Waals surface area contributed by atoms with Gasteiger partial charge < -0.3 is 10.1 Å². The molecule has 1 fully saturated rings. The van der Waals surface area contributed by atoms with Crippen molar-refractivity contribution >= 4 is 5.91 Å². The van der Waals surface area contributed by atoms with Gasteiger partial charge in [-0.15, -0.1) is 5.10 Å². The maximum absolute atomic E-state index is 12.0. The van der Waals surface area contributed by atoms with E-state index in [1.165, 1.54) is 0 Å². The molecule has 0 bridgehead atoms. The summed E-state index contributed by atoms with van der Waals surface area (Å²) >= 11 is 0. The number of aromatic nitrogens is 3. The molecule has 1 heterocycles. The quantitative estimate of drug-likeness (QED) is 0.918. The van der Waals surface area contributed by atoms with Gasteiger partial charge in [-0.05, 0) is 37.1 Å². The zero-order valence-corrected chi connectivity index (χ0v) is 12.7. The first kappa shape index (κ1) is 14.6. The highest BCUT2D eigenvalue weighted by molar-refractivity contribution is 5.78. The normalized spacial score (nSPS) is 15.0. The SMILES string of the molecule is COc1ccc(-n2cc(CNC(=O)C3CCCC3)nn2)cc1. The molecule has 0 atom stereocenters. The summed E-state index contributed by atoms with van der Waals surface area (Å²) < 4.78 is 6.82. The third kappa shape index (κ3) is 3.27. The van der Waals surface area contributed by atoms with Gasteiger partial charge in [0, 0.05) is 5.92 Å². The number of amides is 1. The molecule has 0 saturated heterocycles. The minimum absolute atomic E-state index is 0.136. The number of carbonyl (C=O) groups is 1. The molecule has 1 aromatic heterocycles. The Bertz CT molecular complexity index is 630. The van der Waals surface area contributed by atoms with E-state index in [1.807, 2.05) is 30.5 Å². The van der Waals surface area contributed by atoms with Gasteiger partial charge in [0.05, 0.1) is 25.5 Å². The van der Waals surface area contributed by atoms with Crippen molar-refractivity contribution < 1.29 is 9.53 Å². The molecule has 1 aliphatic carbocycles. The van der Waals surface area contributed by atoms with Gasteiger partial charge in [-0.1, -0.05) is 18.1 Å². The van der Waals surface area contributed by atoms with Crippen LogP contribution in [0.5, 0.6) is 5.75 Å². The van der Waals surface area contributed by atoms with E-state index >= 15 is 0 Å². The zero-order valence-electron chi connectivity index (χ0n) is 12.7. The van der Waals surface area contributed by atoms with Crippen molar-refractivity contribution in [1.29, 1.82) is 0 Å². The van der Waals surface area contributed by atoms with Gasteiger partial charge in [0.25, 0.3) is 0 Å². The average molecular weight is 300 g/mol. The van der Waals surface area contributed by atoms with E-state index in [-0.39, 0.29) is 11.8 Å². The van der Waals surface area contributed by atoms with Gasteiger partial charge in [-0.2, -0.15) is 0 Å². The lowest BCUT2D eigenvalue weighted by atomic mass is 10.1. The van der Waals surface area contributed by atoms with Crippen LogP contribution in [0.4, 0.5) is 0 Å². The van der Waals surface area contributed by atoms with Gasteiger partial charge in [0.1, 0.15) is 11.4 Å².